The van der Waals surface area contributed by atoms with Gasteiger partial charge in [-0.2, -0.15) is 4.98 Å². The first kappa shape index (κ1) is 13.8. The molecule has 0 bridgehead atoms. The van der Waals surface area contributed by atoms with E-state index in [0.29, 0.717) is 11.8 Å². The Hall–Kier alpha value is -2.14. The van der Waals surface area contributed by atoms with Crippen LogP contribution in [0.1, 0.15) is 11.4 Å². The van der Waals surface area contributed by atoms with Crippen molar-refractivity contribution in [3.05, 3.63) is 48.0 Å². The van der Waals surface area contributed by atoms with Crippen molar-refractivity contribution < 1.29 is 4.74 Å². The van der Waals surface area contributed by atoms with E-state index in [9.17, 15) is 0 Å². The Morgan fingerprint density at radius 1 is 1.24 bits per heavy atom. The van der Waals surface area contributed by atoms with Gasteiger partial charge in [-0.3, -0.25) is 4.98 Å². The largest absolute Gasteiger partial charge is 0.481 e. The Labute approximate surface area is 127 Å². The molecule has 6 heteroatoms. The first-order valence-corrected chi connectivity index (χ1v) is 7.20. The lowest BCUT2D eigenvalue weighted by Gasteiger charge is -2.07. The smallest absolute Gasteiger partial charge is 0.215 e. The van der Waals surface area contributed by atoms with E-state index in [1.807, 2.05) is 22.9 Å². The van der Waals surface area contributed by atoms with Gasteiger partial charge in [0.05, 0.1) is 13.0 Å². The van der Waals surface area contributed by atoms with Gasteiger partial charge in [0.25, 0.3) is 0 Å². The molecule has 0 aliphatic rings. The van der Waals surface area contributed by atoms with Crippen LogP contribution in [0.15, 0.2) is 36.7 Å². The summed E-state index contributed by atoms with van der Waals surface area (Å²) in [4.78, 5) is 13.1. The van der Waals surface area contributed by atoms with Gasteiger partial charge in [0.15, 0.2) is 5.65 Å². The molecule has 3 heterocycles. The number of hydrogen-bond donors (Lipinski definition) is 0. The fraction of sp³-hybridized carbons (Fsp3) is 0.267. The summed E-state index contributed by atoms with van der Waals surface area (Å²) in [5.74, 6) is 1.74. The number of alkyl halides is 1. The topological polar surface area (TPSA) is 52.8 Å². The van der Waals surface area contributed by atoms with Crippen LogP contribution < -0.4 is 4.74 Å². The molecule has 0 fully saturated rings. The molecule has 3 aromatic rings. The maximum atomic E-state index is 6.00. The quantitative estimate of drug-likeness (QED) is 0.680. The number of hydrogen-bond acceptors (Lipinski definition) is 4. The number of rotatable bonds is 5. The molecule has 3 aromatic heterocycles. The van der Waals surface area contributed by atoms with Crippen molar-refractivity contribution in [3.63, 3.8) is 0 Å². The Kier molecular flexibility index (Phi) is 4.01. The summed E-state index contributed by atoms with van der Waals surface area (Å²) in [6.07, 6.45) is 4.49. The summed E-state index contributed by atoms with van der Waals surface area (Å²) in [6.45, 7) is 0.754. The van der Waals surface area contributed by atoms with Crippen molar-refractivity contribution in [3.8, 4) is 5.88 Å². The highest BCUT2D eigenvalue weighted by Gasteiger charge is 2.12. The zero-order valence-corrected chi connectivity index (χ0v) is 12.4. The molecule has 0 radical (unpaired) electrons. The lowest BCUT2D eigenvalue weighted by molar-refractivity contribution is 0.399. The summed E-state index contributed by atoms with van der Waals surface area (Å²) in [5.41, 5.74) is 2.80. The molecular weight excluding hydrogens is 288 g/mol. The Bertz CT molecular complexity index is 742. The number of pyridine rings is 2. The van der Waals surface area contributed by atoms with Crippen LogP contribution in [0.3, 0.4) is 0 Å². The Morgan fingerprint density at radius 2 is 2.14 bits per heavy atom. The summed E-state index contributed by atoms with van der Waals surface area (Å²) < 4.78 is 7.23. The number of aryl methyl sites for hydroxylation is 2. The van der Waals surface area contributed by atoms with E-state index in [1.165, 1.54) is 5.56 Å². The number of ether oxygens (including phenoxy) is 1. The zero-order valence-electron chi connectivity index (χ0n) is 11.7. The lowest BCUT2D eigenvalue weighted by Crippen LogP contribution is -2.06. The molecular formula is C15H15ClN4O. The second-order valence-corrected chi connectivity index (χ2v) is 4.89. The van der Waals surface area contributed by atoms with Gasteiger partial charge in [-0.05, 0) is 24.1 Å². The first-order chi connectivity index (χ1) is 10.3. The van der Waals surface area contributed by atoms with Crippen LogP contribution in [-0.2, 0) is 18.8 Å². The third-order valence-electron chi connectivity index (χ3n) is 3.32. The fourth-order valence-electron chi connectivity index (χ4n) is 2.27. The number of halogens is 1. The van der Waals surface area contributed by atoms with E-state index in [4.69, 9.17) is 16.3 Å². The van der Waals surface area contributed by atoms with Gasteiger partial charge >= 0.3 is 0 Å². The van der Waals surface area contributed by atoms with Gasteiger partial charge in [0, 0.05) is 25.0 Å². The Morgan fingerprint density at radius 3 is 2.86 bits per heavy atom. The molecule has 0 saturated heterocycles. The average molecular weight is 303 g/mol. The molecule has 5 nitrogen and oxygen atoms in total. The molecule has 0 atom stereocenters. The highest BCUT2D eigenvalue weighted by molar-refractivity contribution is 6.16. The predicted octanol–water partition coefficient (Wildman–Crippen LogP) is 2.82. The van der Waals surface area contributed by atoms with Crippen molar-refractivity contribution in [2.24, 2.45) is 0 Å². The molecule has 108 valence electrons. The summed E-state index contributed by atoms with van der Waals surface area (Å²) in [7, 11) is 1.60. The molecule has 0 aromatic carbocycles. The summed E-state index contributed by atoms with van der Waals surface area (Å²) >= 11 is 6.00. The first-order valence-electron chi connectivity index (χ1n) is 6.67. The third-order valence-corrected chi connectivity index (χ3v) is 3.56. The molecule has 21 heavy (non-hydrogen) atoms. The number of aromatic nitrogens is 4. The highest BCUT2D eigenvalue weighted by atomic mass is 35.5. The Balaban J connectivity index is 1.95. The highest BCUT2D eigenvalue weighted by Crippen LogP contribution is 2.19. The molecule has 0 N–H and O–H groups in total. The van der Waals surface area contributed by atoms with Gasteiger partial charge in [0.2, 0.25) is 5.88 Å². The molecule has 0 aliphatic carbocycles. The second-order valence-electron chi connectivity index (χ2n) is 4.62. The van der Waals surface area contributed by atoms with Crippen molar-refractivity contribution in [1.82, 2.24) is 19.5 Å². The van der Waals surface area contributed by atoms with Crippen LogP contribution in [0.5, 0.6) is 5.88 Å². The van der Waals surface area contributed by atoms with Crippen LogP contribution >= 0.6 is 11.6 Å². The molecule has 0 spiro atoms. The van der Waals surface area contributed by atoms with E-state index in [2.05, 4.69) is 21.0 Å². The van der Waals surface area contributed by atoms with E-state index in [0.717, 1.165) is 30.0 Å². The lowest BCUT2D eigenvalue weighted by atomic mass is 10.2. The van der Waals surface area contributed by atoms with Crippen molar-refractivity contribution in [2.45, 2.75) is 18.8 Å². The molecule has 0 unspecified atom stereocenters. The number of imidazole rings is 1. The van der Waals surface area contributed by atoms with Crippen LogP contribution in [0.4, 0.5) is 0 Å². The SMILES string of the molecule is COc1ccc2nc(CCl)n(CCc3cccnc3)c2n1. The minimum Gasteiger partial charge on any atom is -0.481 e. The molecule has 0 aliphatic heterocycles. The minimum atomic E-state index is 0.353. The van der Waals surface area contributed by atoms with Crippen LogP contribution in [-0.4, -0.2) is 26.6 Å². The van der Waals surface area contributed by atoms with E-state index in [1.54, 1.807) is 19.4 Å². The van der Waals surface area contributed by atoms with E-state index < -0.39 is 0 Å². The molecule has 3 rings (SSSR count). The summed E-state index contributed by atoms with van der Waals surface area (Å²) in [6, 6.07) is 7.70. The van der Waals surface area contributed by atoms with Crippen LogP contribution in [0.25, 0.3) is 11.2 Å². The van der Waals surface area contributed by atoms with Crippen molar-refractivity contribution in [2.75, 3.05) is 7.11 Å². The van der Waals surface area contributed by atoms with Crippen molar-refractivity contribution in [1.29, 1.82) is 0 Å². The molecule has 0 amide bonds. The number of nitrogens with zero attached hydrogens (tertiary/aromatic N) is 4. The van der Waals surface area contributed by atoms with Gasteiger partial charge < -0.3 is 9.30 Å². The minimum absolute atomic E-state index is 0.353. The van der Waals surface area contributed by atoms with Gasteiger partial charge in [-0.15, -0.1) is 11.6 Å². The summed E-state index contributed by atoms with van der Waals surface area (Å²) in [5, 5.41) is 0. The van der Waals surface area contributed by atoms with Crippen molar-refractivity contribution >= 4 is 22.8 Å². The number of fused-ring (bicyclic) bond motifs is 1. The maximum Gasteiger partial charge on any atom is 0.215 e. The molecule has 0 saturated carbocycles. The predicted molar refractivity (Wildman–Crippen MR) is 81.6 cm³/mol. The van der Waals surface area contributed by atoms with Crippen LogP contribution in [0.2, 0.25) is 0 Å². The maximum absolute atomic E-state index is 6.00. The van der Waals surface area contributed by atoms with Gasteiger partial charge in [-0.25, -0.2) is 4.98 Å². The van der Waals surface area contributed by atoms with E-state index >= 15 is 0 Å². The third kappa shape index (κ3) is 2.83. The standard InChI is InChI=1S/C15H15ClN4O/c1-21-14-5-4-12-15(19-14)20(13(9-16)18-12)8-6-11-3-2-7-17-10-11/h2-5,7,10H,6,8-9H2,1H3. The second kappa shape index (κ2) is 6.10. The normalized spacial score (nSPS) is 11.0. The average Bonchev–Trinajstić information content (AvgIpc) is 2.90. The fourth-order valence-corrected chi connectivity index (χ4v) is 2.47. The van der Waals surface area contributed by atoms with E-state index in [-0.39, 0.29) is 0 Å². The van der Waals surface area contributed by atoms with Crippen LogP contribution in [0, 0.1) is 0 Å². The van der Waals surface area contributed by atoms with Gasteiger partial charge in [0.1, 0.15) is 11.3 Å². The van der Waals surface area contributed by atoms with Gasteiger partial charge in [-0.1, -0.05) is 6.07 Å². The zero-order chi connectivity index (χ0) is 14.7. The monoisotopic (exact) mass is 302 g/mol. The number of methoxy groups -OCH3 is 1.